The summed E-state index contributed by atoms with van der Waals surface area (Å²) in [6.45, 7) is 2.30. The molecule has 0 aromatic heterocycles. The van der Waals surface area contributed by atoms with Gasteiger partial charge >= 0.3 is 6.09 Å². The Balaban J connectivity index is 1.48. The number of unbranched alkanes of at least 4 members (excludes halogenated alkanes) is 1. The van der Waals surface area contributed by atoms with Gasteiger partial charge in [-0.1, -0.05) is 38.5 Å². The van der Waals surface area contributed by atoms with E-state index in [-0.39, 0.29) is 11.9 Å². The molecule has 1 unspecified atom stereocenters. The lowest BCUT2D eigenvalue weighted by atomic mass is 9.86. The van der Waals surface area contributed by atoms with Crippen LogP contribution in [-0.2, 0) is 9.53 Å². The molecule has 0 aromatic carbocycles. The van der Waals surface area contributed by atoms with Gasteiger partial charge in [0.05, 0.1) is 12.6 Å². The number of ether oxygens (including phenoxy) is 1. The van der Waals surface area contributed by atoms with Crippen LogP contribution in [0.2, 0.25) is 0 Å². The number of carbonyl (C=O) groups is 2. The van der Waals surface area contributed by atoms with Gasteiger partial charge in [0, 0.05) is 0 Å². The molecular weight excluding hydrogens is 256 g/mol. The molecular formula is C15H26N2O3. The molecule has 5 nitrogen and oxygen atoms in total. The van der Waals surface area contributed by atoms with Crippen molar-refractivity contribution >= 4 is 12.0 Å². The molecule has 1 saturated heterocycles. The summed E-state index contributed by atoms with van der Waals surface area (Å²) in [6, 6.07) is -0.425. The summed E-state index contributed by atoms with van der Waals surface area (Å²) in [5, 5.41) is 5.25. The number of carbonyl (C=O) groups excluding carboxylic acids is 2. The molecule has 2 aliphatic rings. The van der Waals surface area contributed by atoms with Crippen LogP contribution in [0.15, 0.2) is 0 Å². The highest BCUT2D eigenvalue weighted by Crippen LogP contribution is 2.27. The highest BCUT2D eigenvalue weighted by atomic mass is 16.5. The van der Waals surface area contributed by atoms with E-state index in [9.17, 15) is 9.59 Å². The minimum atomic E-state index is -0.477. The van der Waals surface area contributed by atoms with Crippen molar-refractivity contribution in [2.75, 3.05) is 6.61 Å². The first-order valence-electron chi connectivity index (χ1n) is 7.90. The second kappa shape index (κ2) is 7.50. The maximum Gasteiger partial charge on any atom is 0.407 e. The summed E-state index contributed by atoms with van der Waals surface area (Å²) in [7, 11) is 0. The first-order valence-corrected chi connectivity index (χ1v) is 7.90. The first-order chi connectivity index (χ1) is 9.66. The largest absolute Gasteiger partial charge is 0.450 e. The maximum atomic E-state index is 11.5. The van der Waals surface area contributed by atoms with E-state index >= 15 is 0 Å². The van der Waals surface area contributed by atoms with Crippen LogP contribution in [0, 0.1) is 5.92 Å². The van der Waals surface area contributed by atoms with Crippen molar-refractivity contribution in [1.82, 2.24) is 10.6 Å². The molecule has 0 spiro atoms. The van der Waals surface area contributed by atoms with Crippen LogP contribution in [0.25, 0.3) is 0 Å². The molecule has 0 radical (unpaired) electrons. The monoisotopic (exact) mass is 282 g/mol. The molecule has 2 N–H and O–H groups in total. The molecule has 0 aromatic rings. The Kier molecular flexibility index (Phi) is 5.68. The Morgan fingerprint density at radius 1 is 1.30 bits per heavy atom. The molecule has 1 aliphatic carbocycles. The van der Waals surface area contributed by atoms with Crippen LogP contribution in [0.3, 0.4) is 0 Å². The summed E-state index contributed by atoms with van der Waals surface area (Å²) in [4.78, 5) is 22.6. The zero-order valence-electron chi connectivity index (χ0n) is 12.3. The van der Waals surface area contributed by atoms with Gasteiger partial charge in [-0.3, -0.25) is 4.79 Å². The average Bonchev–Trinajstić information content (AvgIpc) is 2.46. The molecule has 114 valence electrons. The second-order valence-electron chi connectivity index (χ2n) is 6.06. The van der Waals surface area contributed by atoms with Gasteiger partial charge in [0.25, 0.3) is 0 Å². The number of alkyl carbamates (subject to hydrolysis) is 1. The molecule has 2 amide bonds. The van der Waals surface area contributed by atoms with E-state index in [1.54, 1.807) is 0 Å². The SMILES string of the molecule is C[C@@H]1NC(=O)C1NC(=O)OCCCCC1CCCCC1. The quantitative estimate of drug-likeness (QED) is 0.580. The van der Waals surface area contributed by atoms with Gasteiger partial charge in [-0.15, -0.1) is 0 Å². The van der Waals surface area contributed by atoms with Crippen LogP contribution in [0.5, 0.6) is 0 Å². The van der Waals surface area contributed by atoms with Gasteiger partial charge in [0.2, 0.25) is 5.91 Å². The minimum Gasteiger partial charge on any atom is -0.450 e. The van der Waals surface area contributed by atoms with Gasteiger partial charge in [-0.2, -0.15) is 0 Å². The van der Waals surface area contributed by atoms with E-state index in [2.05, 4.69) is 10.6 Å². The Morgan fingerprint density at radius 2 is 2.05 bits per heavy atom. The van der Waals surface area contributed by atoms with Gasteiger partial charge in [-0.25, -0.2) is 4.79 Å². The van der Waals surface area contributed by atoms with Gasteiger partial charge < -0.3 is 15.4 Å². The number of nitrogens with one attached hydrogen (secondary N) is 2. The third kappa shape index (κ3) is 4.39. The van der Waals surface area contributed by atoms with E-state index in [1.165, 1.54) is 38.5 Å². The van der Waals surface area contributed by atoms with Crippen LogP contribution in [0.4, 0.5) is 4.79 Å². The molecule has 2 rings (SSSR count). The van der Waals surface area contributed by atoms with E-state index in [0.29, 0.717) is 6.61 Å². The Labute approximate surface area is 120 Å². The standard InChI is InChI=1S/C15H26N2O3/c1-11-13(14(18)16-11)17-15(19)20-10-6-5-9-12-7-3-2-4-8-12/h11-13H,2-10H2,1H3,(H,16,18)(H,17,19)/t11-,13?/m0/s1. The molecule has 2 fully saturated rings. The minimum absolute atomic E-state index is 0.00125. The molecule has 1 heterocycles. The van der Waals surface area contributed by atoms with E-state index in [1.807, 2.05) is 6.92 Å². The van der Waals surface area contributed by atoms with Gasteiger partial charge in [-0.05, 0) is 25.7 Å². The van der Waals surface area contributed by atoms with Crippen LogP contribution < -0.4 is 10.6 Å². The number of β-lactam (4-membered cyclic amide) rings is 1. The zero-order chi connectivity index (χ0) is 14.4. The summed E-state index contributed by atoms with van der Waals surface area (Å²) >= 11 is 0. The van der Waals surface area contributed by atoms with Gasteiger partial charge in [0.15, 0.2) is 0 Å². The van der Waals surface area contributed by atoms with E-state index in [4.69, 9.17) is 4.74 Å². The molecule has 1 aliphatic heterocycles. The summed E-state index contributed by atoms with van der Waals surface area (Å²) in [5.41, 5.74) is 0. The van der Waals surface area contributed by atoms with Crippen LogP contribution in [0.1, 0.15) is 58.3 Å². The predicted molar refractivity (Wildman–Crippen MR) is 76.3 cm³/mol. The average molecular weight is 282 g/mol. The fourth-order valence-corrected chi connectivity index (χ4v) is 3.06. The Morgan fingerprint density at radius 3 is 2.70 bits per heavy atom. The lowest BCUT2D eigenvalue weighted by molar-refractivity contribution is -0.131. The summed E-state index contributed by atoms with van der Waals surface area (Å²) < 4.78 is 5.10. The van der Waals surface area contributed by atoms with Gasteiger partial charge in [0.1, 0.15) is 6.04 Å². The number of amides is 2. The van der Waals surface area contributed by atoms with Crippen molar-refractivity contribution in [3.8, 4) is 0 Å². The molecule has 2 atom stereocenters. The highest BCUT2D eigenvalue weighted by molar-refractivity contribution is 5.92. The fraction of sp³-hybridized carbons (Fsp3) is 0.867. The van der Waals surface area contributed by atoms with Crippen molar-refractivity contribution in [2.45, 2.75) is 70.4 Å². The normalized spacial score (nSPS) is 26.6. The van der Waals surface area contributed by atoms with Crippen molar-refractivity contribution < 1.29 is 14.3 Å². The summed E-state index contributed by atoms with van der Waals surface area (Å²) in [5.74, 6) is 0.754. The third-order valence-corrected chi connectivity index (χ3v) is 4.39. The molecule has 0 bridgehead atoms. The lowest BCUT2D eigenvalue weighted by Gasteiger charge is -2.33. The second-order valence-corrected chi connectivity index (χ2v) is 6.06. The van der Waals surface area contributed by atoms with Crippen molar-refractivity contribution in [2.24, 2.45) is 5.92 Å². The number of rotatable bonds is 6. The number of hydrogen-bond donors (Lipinski definition) is 2. The van der Waals surface area contributed by atoms with E-state index in [0.717, 1.165) is 18.8 Å². The van der Waals surface area contributed by atoms with Crippen LogP contribution in [-0.4, -0.2) is 30.7 Å². The summed E-state index contributed by atoms with van der Waals surface area (Å²) in [6.07, 6.45) is 9.71. The topological polar surface area (TPSA) is 67.4 Å². The van der Waals surface area contributed by atoms with Crippen LogP contribution >= 0.6 is 0 Å². The molecule has 20 heavy (non-hydrogen) atoms. The lowest BCUT2D eigenvalue weighted by Crippen LogP contribution is -2.67. The smallest absolute Gasteiger partial charge is 0.407 e. The third-order valence-electron chi connectivity index (χ3n) is 4.39. The Bertz CT molecular complexity index is 340. The molecule has 1 saturated carbocycles. The predicted octanol–water partition coefficient (Wildman–Crippen LogP) is 2.35. The maximum absolute atomic E-state index is 11.5. The Hall–Kier alpha value is -1.26. The first kappa shape index (κ1) is 15.1. The van der Waals surface area contributed by atoms with Crippen molar-refractivity contribution in [3.05, 3.63) is 0 Å². The van der Waals surface area contributed by atoms with Crippen molar-refractivity contribution in [3.63, 3.8) is 0 Å². The fourth-order valence-electron chi connectivity index (χ4n) is 3.06. The highest BCUT2D eigenvalue weighted by Gasteiger charge is 2.37. The number of hydrogen-bond acceptors (Lipinski definition) is 3. The van der Waals surface area contributed by atoms with Crippen molar-refractivity contribution in [1.29, 1.82) is 0 Å². The molecule has 5 heteroatoms. The zero-order valence-corrected chi connectivity index (χ0v) is 12.3. The van der Waals surface area contributed by atoms with E-state index < -0.39 is 12.1 Å².